The molecular weight excluding hydrogens is 380 g/mol. The van der Waals surface area contributed by atoms with Gasteiger partial charge in [0.15, 0.2) is 6.61 Å². The minimum atomic E-state index is -0.430. The molecule has 4 rings (SSSR count). The SMILES string of the molecule is CC(C)(C)[C@H]1CCc2nc3ccccc3c(C(=O)OCC(=O)N3CCOCC3)c2C1. The quantitative estimate of drug-likeness (QED) is 0.726. The van der Waals surface area contributed by atoms with Crippen LogP contribution in [-0.2, 0) is 27.1 Å². The first-order chi connectivity index (χ1) is 14.3. The molecule has 6 nitrogen and oxygen atoms in total. The first kappa shape index (κ1) is 20.8. The summed E-state index contributed by atoms with van der Waals surface area (Å²) in [6.45, 7) is 8.62. The van der Waals surface area contributed by atoms with E-state index in [1.54, 1.807) is 4.90 Å². The largest absolute Gasteiger partial charge is 0.452 e. The van der Waals surface area contributed by atoms with Crippen molar-refractivity contribution < 1.29 is 19.1 Å². The Morgan fingerprint density at radius 2 is 1.93 bits per heavy atom. The fourth-order valence-corrected chi connectivity index (χ4v) is 4.46. The number of carbonyl (C=O) groups is 2. The van der Waals surface area contributed by atoms with E-state index in [9.17, 15) is 9.59 Å². The molecule has 2 aromatic rings. The number of rotatable bonds is 3. The summed E-state index contributed by atoms with van der Waals surface area (Å²) in [6.07, 6.45) is 2.72. The van der Waals surface area contributed by atoms with Gasteiger partial charge in [-0.25, -0.2) is 4.79 Å². The average molecular weight is 411 g/mol. The molecule has 1 aliphatic carbocycles. The smallest absolute Gasteiger partial charge is 0.339 e. The van der Waals surface area contributed by atoms with Gasteiger partial charge >= 0.3 is 5.97 Å². The van der Waals surface area contributed by atoms with Crippen molar-refractivity contribution in [3.05, 3.63) is 41.1 Å². The van der Waals surface area contributed by atoms with Crippen LogP contribution in [0.3, 0.4) is 0 Å². The molecule has 6 heteroatoms. The highest BCUT2D eigenvalue weighted by atomic mass is 16.5. The van der Waals surface area contributed by atoms with E-state index in [4.69, 9.17) is 14.5 Å². The molecule has 0 unspecified atom stereocenters. The summed E-state index contributed by atoms with van der Waals surface area (Å²) in [5.41, 5.74) is 3.51. The van der Waals surface area contributed by atoms with Gasteiger partial charge in [0, 0.05) is 24.2 Å². The molecule has 2 aliphatic rings. The summed E-state index contributed by atoms with van der Waals surface area (Å²) >= 11 is 0. The van der Waals surface area contributed by atoms with Crippen molar-refractivity contribution in [1.82, 2.24) is 9.88 Å². The third-order valence-electron chi connectivity index (χ3n) is 6.38. The molecule has 0 N–H and O–H groups in total. The van der Waals surface area contributed by atoms with Gasteiger partial charge in [-0.1, -0.05) is 39.0 Å². The van der Waals surface area contributed by atoms with Crippen molar-refractivity contribution in [2.24, 2.45) is 11.3 Å². The second-order valence-electron chi connectivity index (χ2n) is 9.30. The Hall–Kier alpha value is -2.47. The molecule has 0 saturated carbocycles. The van der Waals surface area contributed by atoms with Crippen molar-refractivity contribution in [3.63, 3.8) is 0 Å². The summed E-state index contributed by atoms with van der Waals surface area (Å²) in [5, 5.41) is 0.801. The van der Waals surface area contributed by atoms with Gasteiger partial charge in [0.05, 0.1) is 24.3 Å². The van der Waals surface area contributed by atoms with Crippen LogP contribution in [0.1, 0.15) is 48.8 Å². The Labute approximate surface area is 177 Å². The molecule has 0 spiro atoms. The molecule has 30 heavy (non-hydrogen) atoms. The molecule has 1 atom stereocenters. The zero-order valence-electron chi connectivity index (χ0n) is 18.1. The standard InChI is InChI=1S/C24H30N2O4/c1-24(2,3)16-8-9-20-18(14-16)22(17-6-4-5-7-19(17)25-20)23(28)30-15-21(27)26-10-12-29-13-11-26/h4-7,16H,8-15H2,1-3H3/t16-/m0/s1. The third kappa shape index (κ3) is 4.19. The minimum absolute atomic E-state index is 0.150. The third-order valence-corrected chi connectivity index (χ3v) is 6.38. The molecule has 160 valence electrons. The highest BCUT2D eigenvalue weighted by Crippen LogP contribution is 2.39. The van der Waals surface area contributed by atoms with Crippen LogP contribution in [-0.4, -0.2) is 54.7 Å². The molecule has 2 heterocycles. The molecule has 1 amide bonds. The summed E-state index contributed by atoms with van der Waals surface area (Å²) in [7, 11) is 0. The molecule has 1 aromatic carbocycles. The van der Waals surface area contributed by atoms with Crippen LogP contribution in [0.2, 0.25) is 0 Å². The number of carbonyl (C=O) groups excluding carboxylic acids is 2. The number of morpholine rings is 1. The van der Waals surface area contributed by atoms with E-state index in [0.29, 0.717) is 37.8 Å². The van der Waals surface area contributed by atoms with Gasteiger partial charge in [-0.15, -0.1) is 0 Å². The number of pyridine rings is 1. The van der Waals surface area contributed by atoms with Gasteiger partial charge in [0.1, 0.15) is 0 Å². The number of hydrogen-bond donors (Lipinski definition) is 0. The van der Waals surface area contributed by atoms with Crippen LogP contribution in [0.4, 0.5) is 0 Å². The molecular formula is C24H30N2O4. The fourth-order valence-electron chi connectivity index (χ4n) is 4.46. The highest BCUT2D eigenvalue weighted by Gasteiger charge is 2.33. The second kappa shape index (κ2) is 8.34. The Morgan fingerprint density at radius 1 is 1.20 bits per heavy atom. The molecule has 1 saturated heterocycles. The molecule has 1 aromatic heterocycles. The first-order valence-electron chi connectivity index (χ1n) is 10.8. The number of esters is 1. The lowest BCUT2D eigenvalue weighted by Crippen LogP contribution is -2.42. The van der Waals surface area contributed by atoms with Crippen molar-refractivity contribution >= 4 is 22.8 Å². The lowest BCUT2D eigenvalue weighted by atomic mass is 9.70. The van der Waals surface area contributed by atoms with Crippen LogP contribution in [0.25, 0.3) is 10.9 Å². The monoisotopic (exact) mass is 410 g/mol. The van der Waals surface area contributed by atoms with Gasteiger partial charge in [0.25, 0.3) is 5.91 Å². The van der Waals surface area contributed by atoms with E-state index in [-0.39, 0.29) is 17.9 Å². The second-order valence-corrected chi connectivity index (χ2v) is 9.30. The first-order valence-corrected chi connectivity index (χ1v) is 10.8. The van der Waals surface area contributed by atoms with Crippen molar-refractivity contribution in [1.29, 1.82) is 0 Å². The highest BCUT2D eigenvalue weighted by molar-refractivity contribution is 6.05. The number of aromatic nitrogens is 1. The Balaban J connectivity index is 1.63. The van der Waals surface area contributed by atoms with E-state index in [1.165, 1.54) is 0 Å². The van der Waals surface area contributed by atoms with Gasteiger partial charge in [-0.3, -0.25) is 9.78 Å². The van der Waals surface area contributed by atoms with Crippen LogP contribution < -0.4 is 0 Å². The lowest BCUT2D eigenvalue weighted by Gasteiger charge is -2.35. The van der Waals surface area contributed by atoms with E-state index in [2.05, 4.69) is 20.8 Å². The Morgan fingerprint density at radius 3 is 2.67 bits per heavy atom. The van der Waals surface area contributed by atoms with Gasteiger partial charge < -0.3 is 14.4 Å². The number of hydrogen-bond acceptors (Lipinski definition) is 5. The molecule has 1 fully saturated rings. The topological polar surface area (TPSA) is 68.7 Å². The summed E-state index contributed by atoms with van der Waals surface area (Å²) in [4.78, 5) is 32.2. The van der Waals surface area contributed by atoms with Crippen LogP contribution >= 0.6 is 0 Å². The number of amides is 1. The minimum Gasteiger partial charge on any atom is -0.452 e. The number of fused-ring (bicyclic) bond motifs is 2. The van der Waals surface area contributed by atoms with E-state index >= 15 is 0 Å². The summed E-state index contributed by atoms with van der Waals surface area (Å²) < 4.78 is 10.8. The van der Waals surface area contributed by atoms with E-state index in [1.807, 2.05) is 24.3 Å². The number of nitrogens with zero attached hydrogens (tertiary/aromatic N) is 2. The van der Waals surface area contributed by atoms with Gasteiger partial charge in [-0.2, -0.15) is 0 Å². The molecule has 0 bridgehead atoms. The van der Waals surface area contributed by atoms with Gasteiger partial charge in [0.2, 0.25) is 0 Å². The predicted molar refractivity (Wildman–Crippen MR) is 114 cm³/mol. The molecule has 1 aliphatic heterocycles. The maximum atomic E-state index is 13.2. The zero-order valence-corrected chi connectivity index (χ0v) is 18.1. The number of ether oxygens (including phenoxy) is 2. The van der Waals surface area contributed by atoms with Crippen LogP contribution in [0, 0.1) is 11.3 Å². The van der Waals surface area contributed by atoms with Crippen molar-refractivity contribution in [2.75, 3.05) is 32.9 Å². The van der Waals surface area contributed by atoms with E-state index in [0.717, 1.165) is 41.4 Å². The lowest BCUT2D eigenvalue weighted by molar-refractivity contribution is -0.138. The fraction of sp³-hybridized carbons (Fsp3) is 0.542. The van der Waals surface area contributed by atoms with E-state index < -0.39 is 5.97 Å². The normalized spacial score (nSPS) is 19.4. The van der Waals surface area contributed by atoms with Crippen LogP contribution in [0.15, 0.2) is 24.3 Å². The maximum absolute atomic E-state index is 13.2. The Kier molecular flexibility index (Phi) is 5.78. The average Bonchev–Trinajstić information content (AvgIpc) is 2.75. The number of benzene rings is 1. The van der Waals surface area contributed by atoms with Crippen molar-refractivity contribution in [2.45, 2.75) is 40.0 Å². The molecule has 0 radical (unpaired) electrons. The summed E-state index contributed by atoms with van der Waals surface area (Å²) in [5.74, 6) is -0.137. The summed E-state index contributed by atoms with van der Waals surface area (Å²) in [6, 6.07) is 7.69. The maximum Gasteiger partial charge on any atom is 0.339 e. The van der Waals surface area contributed by atoms with Crippen LogP contribution in [0.5, 0.6) is 0 Å². The van der Waals surface area contributed by atoms with Crippen molar-refractivity contribution in [3.8, 4) is 0 Å². The predicted octanol–water partition coefficient (Wildman–Crippen LogP) is 3.40. The Bertz CT molecular complexity index is 958. The number of para-hydroxylation sites is 1. The zero-order chi connectivity index (χ0) is 21.3. The van der Waals surface area contributed by atoms with Gasteiger partial charge in [-0.05, 0) is 42.2 Å². The number of aryl methyl sites for hydroxylation is 1.